The van der Waals surface area contributed by atoms with Crippen LogP contribution in [0.2, 0.25) is 0 Å². The normalized spacial score (nSPS) is 13.6. The molecule has 0 atom stereocenters. The second-order valence-corrected chi connectivity index (χ2v) is 29.1. The van der Waals surface area contributed by atoms with Crippen molar-refractivity contribution in [3.05, 3.63) is 265 Å². The minimum atomic E-state index is -0.199. The summed E-state index contributed by atoms with van der Waals surface area (Å²) < 4.78 is 15.3. The highest BCUT2D eigenvalue weighted by Crippen LogP contribution is 2.50. The molecule has 0 amide bonds. The van der Waals surface area contributed by atoms with E-state index in [1.165, 1.54) is 33.2 Å². The van der Waals surface area contributed by atoms with Crippen LogP contribution in [0.25, 0.3) is 0 Å². The fourth-order valence-corrected chi connectivity index (χ4v) is 14.1. The van der Waals surface area contributed by atoms with Gasteiger partial charge in [0.2, 0.25) is 0 Å². The van der Waals surface area contributed by atoms with E-state index in [4.69, 9.17) is 9.47 Å². The third-order valence-corrected chi connectivity index (χ3v) is 18.9. The first-order valence-corrected chi connectivity index (χ1v) is 32.0. The minimum absolute atomic E-state index is 0.0701. The molecule has 6 nitrogen and oxygen atoms in total. The van der Waals surface area contributed by atoms with E-state index in [2.05, 4.69) is 345 Å². The Labute approximate surface area is 533 Å². The van der Waals surface area contributed by atoms with Crippen LogP contribution in [-0.2, 0) is 21.7 Å². The first kappa shape index (κ1) is 56.8. The van der Waals surface area contributed by atoms with Crippen molar-refractivity contribution in [1.29, 1.82) is 0 Å². The van der Waals surface area contributed by atoms with Crippen LogP contribution in [0.1, 0.15) is 105 Å². The average Bonchev–Trinajstić information content (AvgIpc) is 0.704. The van der Waals surface area contributed by atoms with Crippen LogP contribution in [0.4, 0.5) is 68.2 Å². The lowest BCUT2D eigenvalue weighted by Gasteiger charge is -2.43. The zero-order valence-corrected chi connectivity index (χ0v) is 53.9. The van der Waals surface area contributed by atoms with Crippen molar-refractivity contribution in [3.63, 3.8) is 0 Å². The fourth-order valence-electron chi connectivity index (χ4n) is 14.1. The van der Waals surface area contributed by atoms with Crippen LogP contribution < -0.4 is 61.9 Å². The molecule has 15 rings (SSSR count). The van der Waals surface area contributed by atoms with Gasteiger partial charge in [0.15, 0.2) is 0 Å². The van der Waals surface area contributed by atoms with Crippen LogP contribution in [0, 0.1) is 0 Å². The summed E-state index contributed by atoms with van der Waals surface area (Å²) in [5, 5.41) is 0. The summed E-state index contributed by atoms with van der Waals surface area (Å²) in [7, 11) is 0. The van der Waals surface area contributed by atoms with Gasteiger partial charge < -0.3 is 29.1 Å². The van der Waals surface area contributed by atoms with E-state index >= 15 is 0 Å². The Hall–Kier alpha value is -9.65. The lowest BCUT2D eigenvalue weighted by Crippen LogP contribution is -2.63. The number of para-hydroxylation sites is 4. The summed E-state index contributed by atoms with van der Waals surface area (Å²) >= 11 is 0. The Bertz CT molecular complexity index is 4330. The maximum atomic E-state index is 7.67. The molecule has 0 bridgehead atoms. The number of benzene rings is 11. The van der Waals surface area contributed by atoms with E-state index in [9.17, 15) is 0 Å². The van der Waals surface area contributed by atoms with E-state index < -0.39 is 0 Å². The highest BCUT2D eigenvalue weighted by Gasteiger charge is 2.48. The lowest BCUT2D eigenvalue weighted by atomic mass is 9.31. The summed E-state index contributed by atoms with van der Waals surface area (Å²) in [4.78, 5) is 9.78. The van der Waals surface area contributed by atoms with Gasteiger partial charge in [0, 0.05) is 75.1 Å². The second-order valence-electron chi connectivity index (χ2n) is 29.1. The average molecular weight is 1170 g/mol. The van der Waals surface area contributed by atoms with Crippen molar-refractivity contribution in [3.8, 4) is 23.0 Å². The molecule has 0 spiro atoms. The number of hydrogen-bond donors (Lipinski definition) is 0. The first-order valence-electron chi connectivity index (χ1n) is 32.0. The van der Waals surface area contributed by atoms with Crippen LogP contribution >= 0.6 is 0 Å². The van der Waals surface area contributed by atoms with Crippen LogP contribution in [0.3, 0.4) is 0 Å². The van der Waals surface area contributed by atoms with Gasteiger partial charge in [0.1, 0.15) is 23.0 Å². The predicted molar refractivity (Wildman–Crippen MR) is 382 cm³/mol. The molecule has 0 N–H and O–H groups in total. The molecule has 0 radical (unpaired) electrons. The van der Waals surface area contributed by atoms with Crippen molar-refractivity contribution < 1.29 is 9.47 Å². The van der Waals surface area contributed by atoms with E-state index in [0.29, 0.717) is 0 Å². The second kappa shape index (κ2) is 21.0. The van der Waals surface area contributed by atoms with E-state index in [-0.39, 0.29) is 35.1 Å². The smallest absolute Gasteiger partial charge is 0.256 e. The van der Waals surface area contributed by atoms with E-state index in [0.717, 1.165) is 113 Å². The summed E-state index contributed by atoms with van der Waals surface area (Å²) in [5.41, 5.74) is 24.5. The minimum Gasteiger partial charge on any atom is -0.458 e. The zero-order valence-electron chi connectivity index (χ0n) is 53.9. The molecule has 0 saturated carbocycles. The molecule has 0 unspecified atom stereocenters. The zero-order chi connectivity index (χ0) is 62.2. The number of hydrogen-bond acceptors (Lipinski definition) is 6. The molecule has 11 aromatic carbocycles. The Morgan fingerprint density at radius 3 is 0.978 bits per heavy atom. The van der Waals surface area contributed by atoms with Gasteiger partial charge >= 0.3 is 0 Å². The van der Waals surface area contributed by atoms with Crippen molar-refractivity contribution in [2.24, 2.45) is 0 Å². The summed E-state index contributed by atoms with van der Waals surface area (Å²) in [6, 6.07) is 89.9. The highest BCUT2D eigenvalue weighted by molar-refractivity contribution is 7.02. The molecular formula is C82H76B2N4O2. The molecule has 90 heavy (non-hydrogen) atoms. The number of rotatable bonds is 8. The largest absolute Gasteiger partial charge is 0.458 e. The maximum Gasteiger partial charge on any atom is 0.256 e. The quantitative estimate of drug-likeness (QED) is 0.141. The lowest BCUT2D eigenvalue weighted by molar-refractivity contribution is 0.466. The van der Waals surface area contributed by atoms with Gasteiger partial charge in [-0.05, 0) is 174 Å². The molecule has 8 heteroatoms. The van der Waals surface area contributed by atoms with Gasteiger partial charge in [-0.3, -0.25) is 0 Å². The van der Waals surface area contributed by atoms with Gasteiger partial charge in [-0.1, -0.05) is 210 Å². The molecular weight excluding hydrogens is 1090 g/mol. The van der Waals surface area contributed by atoms with Crippen molar-refractivity contribution in [1.82, 2.24) is 0 Å². The molecule has 11 aromatic rings. The Kier molecular flexibility index (Phi) is 13.3. The number of anilines is 12. The summed E-state index contributed by atoms with van der Waals surface area (Å²) in [5.74, 6) is 3.19. The Balaban J connectivity index is 0.997. The van der Waals surface area contributed by atoms with E-state index in [1.54, 1.807) is 0 Å². The Morgan fingerprint density at radius 1 is 0.267 bits per heavy atom. The van der Waals surface area contributed by atoms with Crippen molar-refractivity contribution in [2.45, 2.75) is 105 Å². The fraction of sp³-hybridized carbons (Fsp3) is 0.195. The molecule has 442 valence electrons. The molecule has 4 aliphatic heterocycles. The molecule has 4 heterocycles. The Morgan fingerprint density at radius 2 is 0.611 bits per heavy atom. The van der Waals surface area contributed by atoms with Gasteiger partial charge in [0.25, 0.3) is 13.4 Å². The highest BCUT2D eigenvalue weighted by atomic mass is 16.5. The molecule has 0 aliphatic carbocycles. The van der Waals surface area contributed by atoms with Crippen LogP contribution in [0.15, 0.2) is 243 Å². The summed E-state index contributed by atoms with van der Waals surface area (Å²) in [6.45, 7) is 27.2. The number of fused-ring (bicyclic) bond motifs is 8. The van der Waals surface area contributed by atoms with Gasteiger partial charge in [-0.25, -0.2) is 0 Å². The van der Waals surface area contributed by atoms with Crippen LogP contribution in [-0.4, -0.2) is 13.4 Å². The van der Waals surface area contributed by atoms with Gasteiger partial charge in [0.05, 0.1) is 11.4 Å². The number of ether oxygens (including phenoxy) is 2. The van der Waals surface area contributed by atoms with E-state index in [1.807, 2.05) is 0 Å². The third-order valence-electron chi connectivity index (χ3n) is 18.9. The predicted octanol–water partition coefficient (Wildman–Crippen LogP) is 18.6. The van der Waals surface area contributed by atoms with Gasteiger partial charge in [-0.15, -0.1) is 0 Å². The van der Waals surface area contributed by atoms with Crippen molar-refractivity contribution in [2.75, 3.05) is 19.6 Å². The molecule has 4 aliphatic rings. The molecule has 0 fully saturated rings. The third kappa shape index (κ3) is 9.65. The van der Waals surface area contributed by atoms with Crippen molar-refractivity contribution >= 4 is 114 Å². The molecule has 0 aromatic heterocycles. The standard InChI is InChI=1S/C82H76B2N4O2/c1-79(2,3)53-27-25-37-61(43-53)85(57-29-17-13-18-30-57)63-47-71-77-75(49-63)89-73-52-74-68(51-67(73)83(77)65-41-39-55(81(7,8)9)45-69(65)87(71)59-33-21-15-22-34-59)84-66-42-40-56(82(10,11)12)46-70(66)88(60-35-23-16-24-36-60)72-48-64(50-76(90-74)78(72)84)86(58-31-19-14-20-32-58)62-38-26-28-54(44-62)80(4,5)6/h13-52H,1-12H3. The number of nitrogens with zero attached hydrogens (tertiary/aromatic N) is 4. The SMILES string of the molecule is CC(C)(C)c1cccc(N(c2ccccc2)c2cc3c4c(c2)N(c2ccccc2)c2cc(C(C)(C)C)ccc2B4c2cc4c(cc2O3)Oc2cc(N(c3ccccc3)c3cccc(C(C)(C)C)c3)cc3c2B4c2ccc(C(C)(C)C)cc2N3c2ccccc2)c1. The summed E-state index contributed by atoms with van der Waals surface area (Å²) in [6.07, 6.45) is 0. The molecule has 0 saturated heterocycles. The van der Waals surface area contributed by atoms with Crippen LogP contribution in [0.5, 0.6) is 23.0 Å². The monoisotopic (exact) mass is 1170 g/mol. The topological polar surface area (TPSA) is 31.4 Å². The maximum absolute atomic E-state index is 7.67. The first-order chi connectivity index (χ1) is 43.2. The van der Waals surface area contributed by atoms with Gasteiger partial charge in [-0.2, -0.15) is 0 Å².